The van der Waals surface area contributed by atoms with Gasteiger partial charge in [0, 0.05) is 6.20 Å². The molecule has 0 N–H and O–H groups in total. The van der Waals surface area contributed by atoms with E-state index in [0.717, 1.165) is 13.3 Å². The highest BCUT2D eigenvalue weighted by Crippen LogP contribution is 2.32. The normalized spacial score (nSPS) is 11.2. The Labute approximate surface area is 108 Å². The molecule has 0 fully saturated rings. The number of hydrogen-bond acceptors (Lipinski definition) is 4. The first-order valence-electron chi connectivity index (χ1n) is 4.25. The molecule has 0 amide bonds. The maximum atomic E-state index is 12.1. The minimum Gasteiger partial charge on any atom is -0.465 e. The van der Waals surface area contributed by atoms with E-state index in [-0.39, 0.29) is 14.8 Å². The lowest BCUT2D eigenvalue weighted by atomic mass is 10.2. The third kappa shape index (κ3) is 3.45. The van der Waals surface area contributed by atoms with Crippen LogP contribution < -0.4 is 4.74 Å². The van der Waals surface area contributed by atoms with Crippen LogP contribution in [0.4, 0.5) is 13.2 Å². The van der Waals surface area contributed by atoms with Crippen molar-refractivity contribution in [1.82, 2.24) is 4.98 Å². The number of pyridine rings is 1. The van der Waals surface area contributed by atoms with Crippen molar-refractivity contribution in [2.24, 2.45) is 0 Å². The molecule has 4 nitrogen and oxygen atoms in total. The van der Waals surface area contributed by atoms with E-state index in [1.807, 2.05) is 0 Å². The summed E-state index contributed by atoms with van der Waals surface area (Å²) in [5, 5.41) is 0. The van der Waals surface area contributed by atoms with Crippen LogP contribution in [-0.2, 0) is 4.74 Å². The molecule has 1 rings (SSSR count). The van der Waals surface area contributed by atoms with Crippen molar-refractivity contribution in [1.29, 1.82) is 0 Å². The molecule has 0 aromatic carbocycles. The molecule has 0 bridgehead atoms. The lowest BCUT2D eigenvalue weighted by Gasteiger charge is -2.14. The molecule has 0 radical (unpaired) electrons. The first kappa shape index (κ1) is 14.0. The SMILES string of the molecule is COC(=O)c1cnc(C)c(OC(F)(F)F)c1I. The van der Waals surface area contributed by atoms with Crippen molar-refractivity contribution in [2.75, 3.05) is 7.11 Å². The number of hydrogen-bond donors (Lipinski definition) is 0. The van der Waals surface area contributed by atoms with Gasteiger partial charge < -0.3 is 9.47 Å². The molecule has 8 heteroatoms. The number of halogens is 4. The van der Waals surface area contributed by atoms with Gasteiger partial charge in [-0.05, 0) is 29.5 Å². The summed E-state index contributed by atoms with van der Waals surface area (Å²) in [5.74, 6) is -1.25. The van der Waals surface area contributed by atoms with Crippen LogP contribution in [0.5, 0.6) is 5.75 Å². The van der Waals surface area contributed by atoms with Gasteiger partial charge in [-0.1, -0.05) is 0 Å². The fourth-order valence-electron chi connectivity index (χ4n) is 1.04. The average molecular weight is 361 g/mol. The summed E-state index contributed by atoms with van der Waals surface area (Å²) in [6.07, 6.45) is -3.69. The number of carbonyl (C=O) groups excluding carboxylic acids is 1. The second kappa shape index (κ2) is 5.07. The molecule has 0 saturated heterocycles. The number of esters is 1. The molecule has 0 aliphatic rings. The largest absolute Gasteiger partial charge is 0.573 e. The molecule has 0 aliphatic carbocycles. The molecule has 0 atom stereocenters. The molecular weight excluding hydrogens is 354 g/mol. The zero-order valence-electron chi connectivity index (χ0n) is 8.76. The Kier molecular flexibility index (Phi) is 4.17. The monoisotopic (exact) mass is 361 g/mol. The zero-order valence-corrected chi connectivity index (χ0v) is 10.9. The number of carbonyl (C=O) groups is 1. The van der Waals surface area contributed by atoms with Crippen LogP contribution in [0.2, 0.25) is 0 Å². The molecule has 17 heavy (non-hydrogen) atoms. The molecule has 1 aromatic rings. The summed E-state index contributed by atoms with van der Waals surface area (Å²) < 4.78 is 44.7. The van der Waals surface area contributed by atoms with E-state index in [0.29, 0.717) is 0 Å². The standard InChI is InChI=1S/C9H7F3INO3/c1-4-7(17-9(10,11)12)6(13)5(3-14-4)8(15)16-2/h3H,1-2H3. The van der Waals surface area contributed by atoms with Gasteiger partial charge in [0.15, 0.2) is 5.75 Å². The Morgan fingerprint density at radius 3 is 2.53 bits per heavy atom. The molecule has 0 saturated carbocycles. The summed E-state index contributed by atoms with van der Waals surface area (Å²) in [6.45, 7) is 1.35. The molecule has 0 unspecified atom stereocenters. The fraction of sp³-hybridized carbons (Fsp3) is 0.333. The van der Waals surface area contributed by atoms with Gasteiger partial charge in [-0.25, -0.2) is 4.79 Å². The second-order valence-electron chi connectivity index (χ2n) is 2.94. The van der Waals surface area contributed by atoms with Crippen molar-refractivity contribution >= 4 is 28.6 Å². The zero-order chi connectivity index (χ0) is 13.2. The highest BCUT2D eigenvalue weighted by atomic mass is 127. The smallest absolute Gasteiger partial charge is 0.465 e. The number of nitrogens with zero attached hydrogens (tertiary/aromatic N) is 1. The second-order valence-corrected chi connectivity index (χ2v) is 4.02. The molecule has 0 aliphatic heterocycles. The van der Waals surface area contributed by atoms with Crippen molar-refractivity contribution in [3.8, 4) is 5.75 Å². The predicted octanol–water partition coefficient (Wildman–Crippen LogP) is 2.68. The molecular formula is C9H7F3INO3. The first-order valence-corrected chi connectivity index (χ1v) is 5.33. The van der Waals surface area contributed by atoms with Gasteiger partial charge in [-0.3, -0.25) is 4.98 Å². The molecule has 94 valence electrons. The minimum absolute atomic E-state index is 0.0132. The summed E-state index contributed by atoms with van der Waals surface area (Å²) in [5.41, 5.74) is -0.0303. The highest BCUT2D eigenvalue weighted by Gasteiger charge is 2.34. The highest BCUT2D eigenvalue weighted by molar-refractivity contribution is 14.1. The van der Waals surface area contributed by atoms with Crippen LogP contribution >= 0.6 is 22.6 Å². The third-order valence-corrected chi connectivity index (χ3v) is 2.85. The minimum atomic E-state index is -4.83. The lowest BCUT2D eigenvalue weighted by Crippen LogP contribution is -2.20. The Morgan fingerprint density at radius 1 is 1.47 bits per heavy atom. The molecule has 1 heterocycles. The number of methoxy groups -OCH3 is 1. The average Bonchev–Trinajstić information content (AvgIpc) is 2.22. The number of ether oxygens (including phenoxy) is 2. The number of alkyl halides is 3. The van der Waals surface area contributed by atoms with E-state index >= 15 is 0 Å². The lowest BCUT2D eigenvalue weighted by molar-refractivity contribution is -0.275. The third-order valence-electron chi connectivity index (χ3n) is 1.77. The topological polar surface area (TPSA) is 48.4 Å². The Morgan fingerprint density at radius 2 is 2.06 bits per heavy atom. The van der Waals surface area contributed by atoms with Crippen LogP contribution in [0.25, 0.3) is 0 Å². The van der Waals surface area contributed by atoms with E-state index in [4.69, 9.17) is 0 Å². The van der Waals surface area contributed by atoms with E-state index in [9.17, 15) is 18.0 Å². The van der Waals surface area contributed by atoms with Crippen LogP contribution in [0.15, 0.2) is 6.20 Å². The maximum absolute atomic E-state index is 12.1. The van der Waals surface area contributed by atoms with Crippen LogP contribution in [0.3, 0.4) is 0 Å². The Hall–Kier alpha value is -1.06. The number of aromatic nitrogens is 1. The van der Waals surface area contributed by atoms with Crippen LogP contribution in [0, 0.1) is 10.5 Å². The summed E-state index contributed by atoms with van der Waals surface area (Å²) in [4.78, 5) is 14.9. The number of rotatable bonds is 2. The van der Waals surface area contributed by atoms with E-state index in [1.165, 1.54) is 6.92 Å². The van der Waals surface area contributed by atoms with Crippen molar-refractivity contribution in [2.45, 2.75) is 13.3 Å². The molecule has 1 aromatic heterocycles. The quantitative estimate of drug-likeness (QED) is 0.601. The summed E-state index contributed by atoms with van der Waals surface area (Å²) >= 11 is 1.58. The van der Waals surface area contributed by atoms with E-state index < -0.39 is 18.1 Å². The fourth-order valence-corrected chi connectivity index (χ4v) is 1.90. The van der Waals surface area contributed by atoms with Gasteiger partial charge in [-0.2, -0.15) is 0 Å². The van der Waals surface area contributed by atoms with Gasteiger partial charge in [0.25, 0.3) is 0 Å². The summed E-state index contributed by atoms with van der Waals surface area (Å²) in [7, 11) is 1.13. The van der Waals surface area contributed by atoms with E-state index in [1.54, 1.807) is 22.6 Å². The number of aryl methyl sites for hydroxylation is 1. The van der Waals surface area contributed by atoms with Gasteiger partial charge in [0.1, 0.15) is 0 Å². The van der Waals surface area contributed by atoms with Crippen LogP contribution in [0.1, 0.15) is 16.1 Å². The van der Waals surface area contributed by atoms with Gasteiger partial charge >= 0.3 is 12.3 Å². The summed E-state index contributed by atoms with van der Waals surface area (Å²) in [6, 6.07) is 0. The first-order chi connectivity index (χ1) is 7.76. The van der Waals surface area contributed by atoms with E-state index in [2.05, 4.69) is 14.5 Å². The van der Waals surface area contributed by atoms with Crippen molar-refractivity contribution in [3.63, 3.8) is 0 Å². The van der Waals surface area contributed by atoms with Crippen molar-refractivity contribution < 1.29 is 27.4 Å². The Balaban J connectivity index is 3.25. The van der Waals surface area contributed by atoms with Gasteiger partial charge in [0.2, 0.25) is 0 Å². The molecule has 0 spiro atoms. The van der Waals surface area contributed by atoms with Crippen LogP contribution in [-0.4, -0.2) is 24.4 Å². The van der Waals surface area contributed by atoms with Crippen molar-refractivity contribution in [3.05, 3.63) is 21.0 Å². The van der Waals surface area contributed by atoms with Gasteiger partial charge in [-0.15, -0.1) is 13.2 Å². The van der Waals surface area contributed by atoms with Gasteiger partial charge in [0.05, 0.1) is 21.9 Å². The predicted molar refractivity (Wildman–Crippen MR) is 59.7 cm³/mol. The Bertz CT molecular complexity index is 448. The maximum Gasteiger partial charge on any atom is 0.573 e.